The van der Waals surface area contributed by atoms with Gasteiger partial charge in [0.2, 0.25) is 0 Å². The molecule has 0 radical (unpaired) electrons. The summed E-state index contributed by atoms with van der Waals surface area (Å²) >= 11 is 0. The number of imidazole rings is 1. The largest absolute Gasteiger partial charge is 0.463 e. The summed E-state index contributed by atoms with van der Waals surface area (Å²) in [5.41, 5.74) is 4.64. The van der Waals surface area contributed by atoms with Crippen molar-refractivity contribution in [3.63, 3.8) is 0 Å². The van der Waals surface area contributed by atoms with Crippen molar-refractivity contribution in [2.45, 2.75) is 157 Å². The third-order valence-corrected chi connectivity index (χ3v) is 7.90. The number of ether oxygens (including phenoxy) is 3. The Kier molecular flexibility index (Phi) is 24.4. The molecule has 0 amide bonds. The van der Waals surface area contributed by atoms with Crippen LogP contribution >= 0.6 is 0 Å². The van der Waals surface area contributed by atoms with Crippen LogP contribution in [0.3, 0.4) is 0 Å². The monoisotopic (exact) mass is 668 g/mol. The summed E-state index contributed by atoms with van der Waals surface area (Å²) in [7, 11) is 0. The molecule has 0 aliphatic carbocycles. The minimum absolute atomic E-state index is 0.0969. The molecular formula is C40H64N2O6. The number of aryl methyl sites for hydroxylation is 1. The average Bonchev–Trinajstić information content (AvgIpc) is 3.53. The van der Waals surface area contributed by atoms with E-state index in [0.29, 0.717) is 26.1 Å². The lowest BCUT2D eigenvalue weighted by molar-refractivity contribution is -0.150. The van der Waals surface area contributed by atoms with E-state index >= 15 is 0 Å². The number of aromatic nitrogens is 2. The number of rotatable bonds is 27. The van der Waals surface area contributed by atoms with E-state index in [2.05, 4.69) is 44.8 Å². The van der Waals surface area contributed by atoms with Gasteiger partial charge in [0.1, 0.15) is 6.10 Å². The van der Waals surface area contributed by atoms with E-state index in [1.165, 1.54) is 11.1 Å². The molecule has 1 rings (SSSR count). The van der Waals surface area contributed by atoms with Crippen LogP contribution in [0.15, 0.2) is 65.3 Å². The summed E-state index contributed by atoms with van der Waals surface area (Å²) in [6, 6.07) is 0. The van der Waals surface area contributed by atoms with Gasteiger partial charge in [-0.25, -0.2) is 14.6 Å². The Morgan fingerprint density at radius 1 is 0.667 bits per heavy atom. The molecule has 0 spiro atoms. The second-order valence-electron chi connectivity index (χ2n) is 13.4. The maximum absolute atomic E-state index is 12.6. The maximum Gasteiger partial charge on any atom is 0.330 e. The molecule has 0 aliphatic rings. The minimum atomic E-state index is -0.263. The van der Waals surface area contributed by atoms with Gasteiger partial charge in [0, 0.05) is 37.5 Å². The van der Waals surface area contributed by atoms with Gasteiger partial charge >= 0.3 is 17.9 Å². The van der Waals surface area contributed by atoms with Gasteiger partial charge in [-0.2, -0.15) is 0 Å². The van der Waals surface area contributed by atoms with Crippen molar-refractivity contribution in [1.29, 1.82) is 0 Å². The molecule has 0 aliphatic heterocycles. The van der Waals surface area contributed by atoms with E-state index in [4.69, 9.17) is 14.2 Å². The Bertz CT molecular complexity index is 1090. The van der Waals surface area contributed by atoms with Crippen molar-refractivity contribution >= 4 is 17.9 Å². The predicted molar refractivity (Wildman–Crippen MR) is 194 cm³/mol. The van der Waals surface area contributed by atoms with Crippen LogP contribution in [-0.2, 0) is 35.1 Å². The van der Waals surface area contributed by atoms with Crippen LogP contribution in [-0.4, -0.2) is 46.8 Å². The van der Waals surface area contributed by atoms with Crippen LogP contribution in [0.2, 0.25) is 0 Å². The van der Waals surface area contributed by atoms with E-state index in [1.807, 2.05) is 24.6 Å². The first-order chi connectivity index (χ1) is 23.0. The van der Waals surface area contributed by atoms with Gasteiger partial charge in [0.25, 0.3) is 0 Å². The Morgan fingerprint density at radius 2 is 1.17 bits per heavy atom. The van der Waals surface area contributed by atoms with Crippen LogP contribution in [0.25, 0.3) is 0 Å². The van der Waals surface area contributed by atoms with Crippen LogP contribution in [0.5, 0.6) is 0 Å². The third kappa shape index (κ3) is 25.6. The number of hydrogen-bond donors (Lipinski definition) is 0. The number of allylic oxidation sites excluding steroid dienone is 6. The molecule has 0 aromatic carbocycles. The molecule has 0 N–H and O–H groups in total. The fraction of sp³-hybridized carbons (Fsp3) is 0.650. The lowest BCUT2D eigenvalue weighted by Crippen LogP contribution is -2.18. The summed E-state index contributed by atoms with van der Waals surface area (Å²) < 4.78 is 18.7. The van der Waals surface area contributed by atoms with Crippen molar-refractivity contribution in [3.8, 4) is 0 Å². The minimum Gasteiger partial charge on any atom is -0.463 e. The standard InChI is InChI=1S/C40H64N2O6/c1-33(2)18-15-20-35(5)30-39(44)46-28-13-9-7-11-22-37(48-38(43)24-17-26-42-27-25-41-32-42)23-12-8-10-14-29-47-40(45)31-36(6)21-16-19-34(3)4/h18-19,25,27,30-32,37H,7-17,20-24,26,28-29H2,1-6H3/b35-30+,36-31+. The van der Waals surface area contributed by atoms with Gasteiger partial charge < -0.3 is 18.8 Å². The lowest BCUT2D eigenvalue weighted by atomic mass is 10.0. The SMILES string of the molecule is CC(C)=CCC/C(C)=C/C(=O)OCCCCCCC(CCCCCCOC(=O)/C=C(\C)CCC=C(C)C)OC(=O)CCCn1ccnc1. The van der Waals surface area contributed by atoms with Crippen molar-refractivity contribution in [1.82, 2.24) is 9.55 Å². The highest BCUT2D eigenvalue weighted by molar-refractivity contribution is 5.83. The normalized spacial score (nSPS) is 12.3. The molecule has 8 nitrogen and oxygen atoms in total. The van der Waals surface area contributed by atoms with Crippen molar-refractivity contribution in [2.24, 2.45) is 0 Å². The van der Waals surface area contributed by atoms with E-state index in [9.17, 15) is 14.4 Å². The number of carbonyl (C=O) groups excluding carboxylic acids is 3. The fourth-order valence-electron chi connectivity index (χ4n) is 5.14. The predicted octanol–water partition coefficient (Wildman–Crippen LogP) is 9.95. The summed E-state index contributed by atoms with van der Waals surface area (Å²) in [6.45, 7) is 13.8. The molecule has 1 heterocycles. The van der Waals surface area contributed by atoms with Gasteiger partial charge in [-0.1, -0.05) is 60.1 Å². The zero-order valence-corrected chi connectivity index (χ0v) is 30.9. The molecule has 1 aromatic heterocycles. The highest BCUT2D eigenvalue weighted by Crippen LogP contribution is 2.17. The molecule has 1 aromatic rings. The number of esters is 3. The van der Waals surface area contributed by atoms with Gasteiger partial charge in [0.05, 0.1) is 19.5 Å². The number of carbonyl (C=O) groups is 3. The van der Waals surface area contributed by atoms with Crippen LogP contribution in [0, 0.1) is 0 Å². The number of hydrogen-bond acceptors (Lipinski definition) is 7. The molecule has 0 bridgehead atoms. The van der Waals surface area contributed by atoms with Gasteiger partial charge in [-0.15, -0.1) is 0 Å². The van der Waals surface area contributed by atoms with Crippen LogP contribution in [0.1, 0.15) is 144 Å². The molecule has 0 fully saturated rings. The zero-order valence-electron chi connectivity index (χ0n) is 30.9. The van der Waals surface area contributed by atoms with Gasteiger partial charge in [-0.3, -0.25) is 4.79 Å². The molecule has 270 valence electrons. The lowest BCUT2D eigenvalue weighted by Gasteiger charge is -2.18. The quantitative estimate of drug-likeness (QED) is 0.0303. The molecule has 0 unspecified atom stereocenters. The zero-order chi connectivity index (χ0) is 35.4. The Balaban J connectivity index is 2.34. The first-order valence-electron chi connectivity index (χ1n) is 18.1. The second-order valence-corrected chi connectivity index (χ2v) is 13.4. The first-order valence-corrected chi connectivity index (χ1v) is 18.1. The number of unbranched alkanes of at least 4 members (excludes halogenated alkanes) is 6. The topological polar surface area (TPSA) is 96.7 Å². The molecular weight excluding hydrogens is 604 g/mol. The highest BCUT2D eigenvalue weighted by Gasteiger charge is 2.14. The molecule has 8 heteroatoms. The highest BCUT2D eigenvalue weighted by atomic mass is 16.5. The van der Waals surface area contributed by atoms with Crippen molar-refractivity contribution in [2.75, 3.05) is 13.2 Å². The summed E-state index contributed by atoms with van der Waals surface area (Å²) in [5, 5.41) is 0. The van der Waals surface area contributed by atoms with Crippen molar-refractivity contribution < 1.29 is 28.6 Å². The third-order valence-electron chi connectivity index (χ3n) is 7.90. The summed E-state index contributed by atoms with van der Waals surface area (Å²) in [4.78, 5) is 40.8. The van der Waals surface area contributed by atoms with E-state index in [-0.39, 0.29) is 24.0 Å². The van der Waals surface area contributed by atoms with Crippen LogP contribution < -0.4 is 0 Å². The molecule has 0 saturated heterocycles. The smallest absolute Gasteiger partial charge is 0.330 e. The number of nitrogens with zero attached hydrogens (tertiary/aromatic N) is 2. The average molecular weight is 669 g/mol. The summed E-state index contributed by atoms with van der Waals surface area (Å²) in [6.07, 6.45) is 26.7. The Morgan fingerprint density at radius 3 is 1.62 bits per heavy atom. The fourth-order valence-corrected chi connectivity index (χ4v) is 5.14. The molecule has 0 saturated carbocycles. The molecule has 0 atom stereocenters. The van der Waals surface area contributed by atoms with Gasteiger partial charge in [-0.05, 0) is 112 Å². The van der Waals surface area contributed by atoms with E-state index in [0.717, 1.165) is 108 Å². The van der Waals surface area contributed by atoms with Gasteiger partial charge in [0.15, 0.2) is 0 Å². The Labute approximate surface area is 291 Å². The van der Waals surface area contributed by atoms with Crippen molar-refractivity contribution in [3.05, 3.63) is 65.3 Å². The maximum atomic E-state index is 12.6. The summed E-state index contributed by atoms with van der Waals surface area (Å²) in [5.74, 6) is -0.673. The Hall–Kier alpha value is -3.42. The van der Waals surface area contributed by atoms with Crippen LogP contribution in [0.4, 0.5) is 0 Å². The second kappa shape index (κ2) is 27.5. The van der Waals surface area contributed by atoms with E-state index < -0.39 is 0 Å². The van der Waals surface area contributed by atoms with E-state index in [1.54, 1.807) is 24.7 Å². The first kappa shape index (κ1) is 42.6. The molecule has 48 heavy (non-hydrogen) atoms.